The van der Waals surface area contributed by atoms with Gasteiger partial charge in [-0.1, -0.05) is 17.7 Å². The number of halogens is 3. The highest BCUT2D eigenvalue weighted by molar-refractivity contribution is 6.31. The molecule has 0 spiro atoms. The maximum absolute atomic E-state index is 15.1. The molecule has 0 atom stereocenters. The maximum Gasteiger partial charge on any atom is 0.352 e. The summed E-state index contributed by atoms with van der Waals surface area (Å²) in [5.41, 5.74) is -0.848. The molecule has 2 heterocycles. The van der Waals surface area contributed by atoms with E-state index < -0.39 is 41.5 Å². The van der Waals surface area contributed by atoms with Crippen molar-refractivity contribution in [1.82, 2.24) is 19.3 Å². The van der Waals surface area contributed by atoms with E-state index in [4.69, 9.17) is 21.1 Å². The molecule has 176 valence electrons. The molecule has 0 aliphatic heterocycles. The number of hydrogen-bond acceptors (Lipinski definition) is 6. The van der Waals surface area contributed by atoms with E-state index in [2.05, 4.69) is 10.1 Å². The first-order chi connectivity index (χ1) is 15.7. The molecule has 0 unspecified atom stereocenters. The molecule has 0 radical (unpaired) electrons. The summed E-state index contributed by atoms with van der Waals surface area (Å²) in [4.78, 5) is 29.8. The first kappa shape index (κ1) is 24.5. The van der Waals surface area contributed by atoms with E-state index in [0.717, 1.165) is 10.7 Å². The van der Waals surface area contributed by atoms with E-state index in [1.54, 1.807) is 20.8 Å². The highest BCUT2D eigenvalue weighted by Crippen LogP contribution is 2.26. The number of carbonyl (C=O) groups is 1. The zero-order chi connectivity index (χ0) is 24.3. The lowest BCUT2D eigenvalue weighted by Crippen LogP contribution is -2.26. The van der Waals surface area contributed by atoms with Crippen LogP contribution in [0.15, 0.2) is 29.1 Å². The van der Waals surface area contributed by atoms with Crippen molar-refractivity contribution in [2.75, 3.05) is 7.11 Å². The molecule has 0 saturated heterocycles. The molecule has 11 heteroatoms. The van der Waals surface area contributed by atoms with Crippen molar-refractivity contribution in [2.24, 2.45) is 0 Å². The third-order valence-corrected chi connectivity index (χ3v) is 5.05. The third kappa shape index (κ3) is 5.12. The number of hydrogen-bond donors (Lipinski definition) is 0. The van der Waals surface area contributed by atoms with E-state index in [-0.39, 0.29) is 41.0 Å². The van der Waals surface area contributed by atoms with Crippen molar-refractivity contribution in [1.29, 1.82) is 0 Å². The molecule has 0 aliphatic carbocycles. The molecule has 3 aromatic rings. The van der Waals surface area contributed by atoms with Crippen LogP contribution in [0.2, 0.25) is 5.02 Å². The normalized spacial score (nSPS) is 11.3. The van der Waals surface area contributed by atoms with E-state index in [1.807, 2.05) is 0 Å². The van der Waals surface area contributed by atoms with Gasteiger partial charge in [0.1, 0.15) is 12.4 Å². The fraction of sp³-hybridized carbons (Fsp3) is 0.364. The minimum absolute atomic E-state index is 0.0220. The Bertz CT molecular complexity index is 1220. The van der Waals surface area contributed by atoms with Crippen molar-refractivity contribution in [3.8, 4) is 11.7 Å². The molecule has 0 bridgehead atoms. The zero-order valence-corrected chi connectivity index (χ0v) is 19.3. The van der Waals surface area contributed by atoms with Gasteiger partial charge in [0.25, 0.3) is 0 Å². The van der Waals surface area contributed by atoms with Gasteiger partial charge in [0.2, 0.25) is 5.88 Å². The smallest absolute Gasteiger partial charge is 0.352 e. The second-order valence-corrected chi connectivity index (χ2v) is 7.81. The number of nitrogens with zero attached hydrogens (tertiary/aromatic N) is 4. The summed E-state index contributed by atoms with van der Waals surface area (Å²) in [5, 5.41) is 4.19. The lowest BCUT2D eigenvalue weighted by molar-refractivity contribution is 0.0984. The van der Waals surface area contributed by atoms with Crippen LogP contribution in [0.1, 0.15) is 42.5 Å². The Labute approximate surface area is 193 Å². The molecular weight excluding hydrogens is 458 g/mol. The van der Waals surface area contributed by atoms with Gasteiger partial charge in [-0.25, -0.2) is 13.6 Å². The molecule has 2 aromatic heterocycles. The minimum Gasteiger partial charge on any atom is -0.474 e. The van der Waals surface area contributed by atoms with Gasteiger partial charge < -0.3 is 9.47 Å². The van der Waals surface area contributed by atoms with Crippen LogP contribution in [-0.4, -0.2) is 38.3 Å². The molecule has 8 nitrogen and oxygen atoms in total. The van der Waals surface area contributed by atoms with Gasteiger partial charge in [-0.3, -0.25) is 9.36 Å². The van der Waals surface area contributed by atoms with Crippen LogP contribution >= 0.6 is 11.6 Å². The van der Waals surface area contributed by atoms with Crippen LogP contribution in [0, 0.1) is 11.6 Å². The predicted molar refractivity (Wildman–Crippen MR) is 117 cm³/mol. The largest absolute Gasteiger partial charge is 0.474 e. The standard InChI is InChI=1S/C22H23ClF2N4O4/c1-5-28-19(11-32-4)27-29(22(28)31)20-17(25)9-14(21(26-20)33-12(2)3)18(30)10-13-15(23)7-6-8-16(13)24/h6-9,12H,5,10-11H2,1-4H3. The zero-order valence-electron chi connectivity index (χ0n) is 18.6. The average Bonchev–Trinajstić information content (AvgIpc) is 3.06. The summed E-state index contributed by atoms with van der Waals surface area (Å²) in [6.07, 6.45) is -0.851. The van der Waals surface area contributed by atoms with Gasteiger partial charge in [-0.05, 0) is 39.0 Å². The van der Waals surface area contributed by atoms with Gasteiger partial charge in [0.15, 0.2) is 23.2 Å². The molecule has 3 rings (SSSR count). The van der Waals surface area contributed by atoms with Crippen LogP contribution in [0.25, 0.3) is 5.82 Å². The molecule has 0 N–H and O–H groups in total. The first-order valence-corrected chi connectivity index (χ1v) is 10.6. The number of Topliss-reactive ketones (excluding diaryl/α,β-unsaturated/α-hetero) is 1. The number of ketones is 1. The number of pyridine rings is 1. The topological polar surface area (TPSA) is 88.2 Å². The third-order valence-electron chi connectivity index (χ3n) is 4.70. The molecular formula is C22H23ClF2N4O4. The van der Waals surface area contributed by atoms with Crippen molar-refractivity contribution in [3.63, 3.8) is 0 Å². The van der Waals surface area contributed by atoms with Crippen molar-refractivity contribution < 1.29 is 23.0 Å². The summed E-state index contributed by atoms with van der Waals surface area (Å²) in [6.45, 7) is 5.45. The first-order valence-electron chi connectivity index (χ1n) is 10.2. The Morgan fingerprint density at radius 2 is 1.97 bits per heavy atom. The Morgan fingerprint density at radius 1 is 1.24 bits per heavy atom. The van der Waals surface area contributed by atoms with Crippen LogP contribution in [0.3, 0.4) is 0 Å². The van der Waals surface area contributed by atoms with E-state index >= 15 is 4.39 Å². The van der Waals surface area contributed by atoms with Crippen LogP contribution in [0.4, 0.5) is 8.78 Å². The summed E-state index contributed by atoms with van der Waals surface area (Å²) in [7, 11) is 1.44. The van der Waals surface area contributed by atoms with Gasteiger partial charge in [-0.2, -0.15) is 9.67 Å². The molecule has 0 aliphatic rings. The maximum atomic E-state index is 15.1. The van der Waals surface area contributed by atoms with Gasteiger partial charge in [-0.15, -0.1) is 5.10 Å². The molecule has 0 saturated carbocycles. The Morgan fingerprint density at radius 3 is 2.58 bits per heavy atom. The van der Waals surface area contributed by atoms with Gasteiger partial charge >= 0.3 is 5.69 Å². The van der Waals surface area contributed by atoms with Crippen LogP contribution < -0.4 is 10.4 Å². The van der Waals surface area contributed by atoms with Crippen LogP contribution in [-0.2, 0) is 24.3 Å². The SMILES string of the molecule is CCn1c(COC)nn(-c2nc(OC(C)C)c(C(=O)Cc3c(F)cccc3Cl)cc2F)c1=O. The molecule has 0 amide bonds. The lowest BCUT2D eigenvalue weighted by atomic mass is 10.0. The van der Waals surface area contributed by atoms with Crippen molar-refractivity contribution in [2.45, 2.75) is 46.4 Å². The molecule has 1 aromatic carbocycles. The van der Waals surface area contributed by atoms with E-state index in [0.29, 0.717) is 0 Å². The fourth-order valence-electron chi connectivity index (χ4n) is 3.21. The second-order valence-electron chi connectivity index (χ2n) is 7.40. The summed E-state index contributed by atoms with van der Waals surface area (Å²) < 4.78 is 42.1. The summed E-state index contributed by atoms with van der Waals surface area (Å²) in [5.74, 6) is -2.63. The monoisotopic (exact) mass is 480 g/mol. The number of aromatic nitrogens is 4. The van der Waals surface area contributed by atoms with Crippen LogP contribution in [0.5, 0.6) is 5.88 Å². The van der Waals surface area contributed by atoms with E-state index in [9.17, 15) is 14.0 Å². The lowest BCUT2D eigenvalue weighted by Gasteiger charge is -2.15. The fourth-order valence-corrected chi connectivity index (χ4v) is 3.44. The number of rotatable bonds is 9. The number of methoxy groups -OCH3 is 1. The molecule has 33 heavy (non-hydrogen) atoms. The highest BCUT2D eigenvalue weighted by Gasteiger charge is 2.25. The summed E-state index contributed by atoms with van der Waals surface area (Å²) in [6, 6.07) is 4.95. The average molecular weight is 481 g/mol. The van der Waals surface area contributed by atoms with Gasteiger partial charge in [0, 0.05) is 30.7 Å². The minimum atomic E-state index is -0.971. The quantitative estimate of drug-likeness (QED) is 0.433. The Balaban J connectivity index is 2.11. The second kappa shape index (κ2) is 10.2. The predicted octanol–water partition coefficient (Wildman–Crippen LogP) is 3.74. The Kier molecular flexibility index (Phi) is 7.60. The van der Waals surface area contributed by atoms with Crippen molar-refractivity contribution >= 4 is 17.4 Å². The van der Waals surface area contributed by atoms with Gasteiger partial charge in [0.05, 0.1) is 11.7 Å². The number of benzene rings is 1. The number of carbonyl (C=O) groups excluding carboxylic acids is 1. The molecule has 0 fully saturated rings. The number of ether oxygens (including phenoxy) is 2. The van der Waals surface area contributed by atoms with Crippen molar-refractivity contribution in [3.05, 3.63) is 68.4 Å². The summed E-state index contributed by atoms with van der Waals surface area (Å²) >= 11 is 6.02. The highest BCUT2D eigenvalue weighted by atomic mass is 35.5. The van der Waals surface area contributed by atoms with E-state index in [1.165, 1.54) is 29.9 Å². The Hall–Kier alpha value is -3.11.